The van der Waals surface area contributed by atoms with Crippen molar-refractivity contribution >= 4 is 5.91 Å². The third kappa shape index (κ3) is 2.25. The van der Waals surface area contributed by atoms with Crippen molar-refractivity contribution in [3.8, 4) is 17.2 Å². The van der Waals surface area contributed by atoms with Crippen LogP contribution in [-0.2, 0) is 0 Å². The minimum atomic E-state index is -0.374. The normalized spacial score (nSPS) is 16.3. The number of amides is 1. The molecule has 1 aliphatic rings. The van der Waals surface area contributed by atoms with Gasteiger partial charge in [0.05, 0.1) is 6.04 Å². The van der Waals surface area contributed by atoms with Crippen molar-refractivity contribution in [2.75, 3.05) is 6.61 Å². The quantitative estimate of drug-likeness (QED) is 0.780. The number of ether oxygens (including phenoxy) is 1. The van der Waals surface area contributed by atoms with Crippen molar-refractivity contribution in [2.45, 2.75) is 6.04 Å². The van der Waals surface area contributed by atoms with Gasteiger partial charge in [0.1, 0.15) is 23.9 Å². The Hall–Kier alpha value is -2.69. The maximum absolute atomic E-state index is 12.1. The van der Waals surface area contributed by atoms with Crippen LogP contribution >= 0.6 is 0 Å². The van der Waals surface area contributed by atoms with Crippen molar-refractivity contribution in [2.24, 2.45) is 0 Å². The summed E-state index contributed by atoms with van der Waals surface area (Å²) in [5, 5.41) is 21.6. The smallest absolute Gasteiger partial charge is 0.252 e. The summed E-state index contributed by atoms with van der Waals surface area (Å²) in [6.07, 6.45) is 0. The molecule has 102 valence electrons. The summed E-state index contributed by atoms with van der Waals surface area (Å²) < 4.78 is 5.48. The summed E-state index contributed by atoms with van der Waals surface area (Å²) in [5.74, 6) is 0.0782. The fraction of sp³-hybridized carbons (Fsp3) is 0.133. The predicted octanol–water partition coefficient (Wildman–Crippen LogP) is 1.96. The average molecular weight is 271 g/mol. The summed E-state index contributed by atoms with van der Waals surface area (Å²) in [7, 11) is 0. The number of hydrogen-bond donors (Lipinski definition) is 3. The molecule has 1 aliphatic heterocycles. The van der Waals surface area contributed by atoms with E-state index >= 15 is 0 Å². The molecule has 1 atom stereocenters. The van der Waals surface area contributed by atoms with Gasteiger partial charge in [-0.05, 0) is 18.2 Å². The van der Waals surface area contributed by atoms with Crippen molar-refractivity contribution in [1.82, 2.24) is 5.32 Å². The third-order valence-corrected chi connectivity index (χ3v) is 3.17. The second kappa shape index (κ2) is 4.77. The predicted molar refractivity (Wildman–Crippen MR) is 71.9 cm³/mol. The van der Waals surface area contributed by atoms with E-state index in [-0.39, 0.29) is 29.0 Å². The Morgan fingerprint density at radius 2 is 1.85 bits per heavy atom. The molecule has 3 N–H and O–H groups in total. The highest BCUT2D eigenvalue weighted by Gasteiger charge is 2.25. The van der Waals surface area contributed by atoms with Gasteiger partial charge in [-0.1, -0.05) is 18.2 Å². The van der Waals surface area contributed by atoms with E-state index in [2.05, 4.69) is 5.32 Å². The molecule has 5 nitrogen and oxygen atoms in total. The molecule has 1 unspecified atom stereocenters. The van der Waals surface area contributed by atoms with Gasteiger partial charge in [-0.25, -0.2) is 0 Å². The molecule has 0 saturated carbocycles. The molecule has 2 aromatic carbocycles. The third-order valence-electron chi connectivity index (χ3n) is 3.17. The molecule has 20 heavy (non-hydrogen) atoms. The summed E-state index contributed by atoms with van der Waals surface area (Å²) in [6, 6.07) is 11.0. The van der Waals surface area contributed by atoms with Gasteiger partial charge in [-0.15, -0.1) is 0 Å². The molecule has 0 bridgehead atoms. The SMILES string of the molecule is O=C(NC1COc2ccccc21)c1cc(O)cc(O)c1. The van der Waals surface area contributed by atoms with Gasteiger partial charge >= 0.3 is 0 Å². The zero-order valence-electron chi connectivity index (χ0n) is 10.5. The lowest BCUT2D eigenvalue weighted by Gasteiger charge is -2.12. The van der Waals surface area contributed by atoms with E-state index in [1.54, 1.807) is 0 Å². The Labute approximate surface area is 115 Å². The number of benzene rings is 2. The fourth-order valence-corrected chi connectivity index (χ4v) is 2.25. The minimum Gasteiger partial charge on any atom is -0.508 e. The van der Waals surface area contributed by atoms with Gasteiger partial charge in [0.15, 0.2) is 0 Å². The second-order valence-electron chi connectivity index (χ2n) is 4.61. The summed E-state index contributed by atoms with van der Waals surface area (Å²) in [5.41, 5.74) is 1.12. The molecular formula is C15H13NO4. The van der Waals surface area contributed by atoms with E-state index in [1.165, 1.54) is 18.2 Å². The van der Waals surface area contributed by atoms with Crippen LogP contribution in [0.25, 0.3) is 0 Å². The van der Waals surface area contributed by atoms with Crippen molar-refractivity contribution < 1.29 is 19.7 Å². The maximum atomic E-state index is 12.1. The highest BCUT2D eigenvalue weighted by molar-refractivity contribution is 5.95. The number of hydrogen-bond acceptors (Lipinski definition) is 4. The number of nitrogens with one attached hydrogen (secondary N) is 1. The highest BCUT2D eigenvalue weighted by Crippen LogP contribution is 2.32. The Balaban J connectivity index is 1.80. The Kier molecular flexibility index (Phi) is 2.95. The molecule has 1 amide bonds. The topological polar surface area (TPSA) is 78.8 Å². The number of para-hydroxylation sites is 1. The van der Waals surface area contributed by atoms with Crippen LogP contribution in [0.15, 0.2) is 42.5 Å². The Bertz CT molecular complexity index is 648. The lowest BCUT2D eigenvalue weighted by Crippen LogP contribution is -2.29. The van der Waals surface area contributed by atoms with Crippen LogP contribution in [0.4, 0.5) is 0 Å². The molecule has 0 fully saturated rings. The molecule has 0 aliphatic carbocycles. The summed E-state index contributed by atoms with van der Waals surface area (Å²) in [4.78, 5) is 12.1. The van der Waals surface area contributed by atoms with Crippen LogP contribution in [0.2, 0.25) is 0 Å². The molecule has 0 aromatic heterocycles. The van der Waals surface area contributed by atoms with Gasteiger partial charge in [0.2, 0.25) is 0 Å². The zero-order valence-corrected chi connectivity index (χ0v) is 10.5. The molecule has 0 spiro atoms. The molecule has 0 radical (unpaired) electrons. The van der Waals surface area contributed by atoms with Gasteiger partial charge in [0.25, 0.3) is 5.91 Å². The van der Waals surface area contributed by atoms with Crippen LogP contribution < -0.4 is 10.1 Å². The van der Waals surface area contributed by atoms with Crippen LogP contribution in [0.1, 0.15) is 22.0 Å². The van der Waals surface area contributed by atoms with Gasteiger partial charge < -0.3 is 20.3 Å². The van der Waals surface area contributed by atoms with Crippen molar-refractivity contribution in [3.05, 3.63) is 53.6 Å². The number of phenolic OH excluding ortho intramolecular Hbond substituents is 2. The van der Waals surface area contributed by atoms with Crippen LogP contribution in [-0.4, -0.2) is 22.7 Å². The zero-order chi connectivity index (χ0) is 14.1. The maximum Gasteiger partial charge on any atom is 0.252 e. The van der Waals surface area contributed by atoms with Crippen molar-refractivity contribution in [1.29, 1.82) is 0 Å². The number of aromatic hydroxyl groups is 2. The highest BCUT2D eigenvalue weighted by atomic mass is 16.5. The van der Waals surface area contributed by atoms with E-state index < -0.39 is 0 Å². The lowest BCUT2D eigenvalue weighted by atomic mass is 10.1. The van der Waals surface area contributed by atoms with Crippen LogP contribution in [0, 0.1) is 0 Å². The monoisotopic (exact) mass is 271 g/mol. The van der Waals surface area contributed by atoms with E-state index in [0.29, 0.717) is 6.61 Å². The molecule has 1 heterocycles. The van der Waals surface area contributed by atoms with Gasteiger partial charge in [0, 0.05) is 17.2 Å². The van der Waals surface area contributed by atoms with E-state index in [1.807, 2.05) is 24.3 Å². The van der Waals surface area contributed by atoms with Gasteiger partial charge in [-0.2, -0.15) is 0 Å². The number of rotatable bonds is 2. The average Bonchev–Trinajstić information content (AvgIpc) is 2.81. The standard InChI is InChI=1S/C15H13NO4/c17-10-5-9(6-11(18)7-10)15(19)16-13-8-20-14-4-2-1-3-12(13)14/h1-7,13,17-18H,8H2,(H,16,19). The Morgan fingerprint density at radius 3 is 2.60 bits per heavy atom. The number of carbonyl (C=O) groups is 1. The van der Waals surface area contributed by atoms with Crippen LogP contribution in [0.3, 0.4) is 0 Å². The number of carbonyl (C=O) groups excluding carboxylic acids is 1. The van der Waals surface area contributed by atoms with Gasteiger partial charge in [-0.3, -0.25) is 4.79 Å². The first kappa shape index (κ1) is 12.3. The number of fused-ring (bicyclic) bond motifs is 1. The number of phenols is 2. The molecular weight excluding hydrogens is 258 g/mol. The molecule has 2 aromatic rings. The van der Waals surface area contributed by atoms with Crippen molar-refractivity contribution in [3.63, 3.8) is 0 Å². The van der Waals surface area contributed by atoms with Crippen LogP contribution in [0.5, 0.6) is 17.2 Å². The summed E-state index contributed by atoms with van der Waals surface area (Å²) in [6.45, 7) is 0.371. The molecule has 0 saturated heterocycles. The lowest BCUT2D eigenvalue weighted by molar-refractivity contribution is 0.0929. The summed E-state index contributed by atoms with van der Waals surface area (Å²) >= 11 is 0. The fourth-order valence-electron chi connectivity index (χ4n) is 2.25. The molecule has 3 rings (SSSR count). The van der Waals surface area contributed by atoms with E-state index in [4.69, 9.17) is 4.74 Å². The minimum absolute atomic E-state index is 0.154. The first-order chi connectivity index (χ1) is 9.63. The second-order valence-corrected chi connectivity index (χ2v) is 4.61. The first-order valence-corrected chi connectivity index (χ1v) is 6.19. The molecule has 5 heteroatoms. The van der Waals surface area contributed by atoms with E-state index in [9.17, 15) is 15.0 Å². The van der Waals surface area contributed by atoms with E-state index in [0.717, 1.165) is 11.3 Å². The largest absolute Gasteiger partial charge is 0.508 e. The first-order valence-electron chi connectivity index (χ1n) is 6.19. The Morgan fingerprint density at radius 1 is 1.15 bits per heavy atom.